The Labute approximate surface area is 440 Å². The van der Waals surface area contributed by atoms with Gasteiger partial charge in [-0.1, -0.05) is 134 Å². The summed E-state index contributed by atoms with van der Waals surface area (Å²) in [5.41, 5.74) is 4.46. The van der Waals surface area contributed by atoms with Crippen molar-refractivity contribution >= 4 is 35.7 Å². The third-order valence-electron chi connectivity index (χ3n) is 15.1. The number of hydrogen-bond acceptors (Lipinski definition) is 10. The minimum atomic E-state index is -0.981. The molecule has 1 fully saturated rings. The molecule has 1 aliphatic heterocycles. The molecule has 3 aromatic rings. The number of hydrogen-bond donors (Lipinski definition) is 2. The molecule has 0 spiro atoms. The van der Waals surface area contributed by atoms with E-state index in [1.54, 1.807) is 51.6 Å². The third kappa shape index (κ3) is 14.1. The van der Waals surface area contributed by atoms with Crippen molar-refractivity contribution in [2.75, 3.05) is 34.9 Å². The van der Waals surface area contributed by atoms with Gasteiger partial charge in [-0.05, 0) is 86.1 Å². The number of fused-ring (bicyclic) bond motifs is 3. The maximum Gasteiger partial charge on any atom is 0.410 e. The molecule has 0 radical (unpaired) electrons. The first-order valence-corrected chi connectivity index (χ1v) is 26.5. The number of nitrogens with zero attached hydrogens (tertiary/aromatic N) is 3. The third-order valence-corrected chi connectivity index (χ3v) is 15.1. The lowest BCUT2D eigenvalue weighted by Crippen LogP contribution is -2.60. The summed E-state index contributed by atoms with van der Waals surface area (Å²) in [6.45, 7) is 20.6. The second-order valence-corrected chi connectivity index (χ2v) is 22.2. The summed E-state index contributed by atoms with van der Waals surface area (Å²) in [4.78, 5) is 90.1. The first-order valence-electron chi connectivity index (χ1n) is 26.5. The van der Waals surface area contributed by atoms with Crippen LogP contribution in [0.2, 0.25) is 0 Å². The molecular weight excluding hydrogens is 939 g/mol. The fraction of sp³-hybridized carbons (Fsp3) is 0.593. The van der Waals surface area contributed by atoms with Gasteiger partial charge in [-0.25, -0.2) is 9.59 Å². The van der Waals surface area contributed by atoms with Crippen LogP contribution in [0.3, 0.4) is 0 Å². The number of amides is 5. The Hall–Kier alpha value is -5.80. The van der Waals surface area contributed by atoms with E-state index in [4.69, 9.17) is 18.9 Å². The van der Waals surface area contributed by atoms with Gasteiger partial charge < -0.3 is 39.4 Å². The summed E-state index contributed by atoms with van der Waals surface area (Å²) in [6, 6.07) is 21.4. The van der Waals surface area contributed by atoms with Crippen molar-refractivity contribution < 1.29 is 47.7 Å². The van der Waals surface area contributed by atoms with Crippen molar-refractivity contribution in [2.24, 2.45) is 23.7 Å². The van der Waals surface area contributed by atoms with Gasteiger partial charge in [0.15, 0.2) is 0 Å². The average Bonchev–Trinajstić information content (AvgIpc) is 3.90. The predicted octanol–water partition coefficient (Wildman–Crippen LogP) is 8.41. The van der Waals surface area contributed by atoms with Gasteiger partial charge in [-0.15, -0.1) is 0 Å². The zero-order valence-corrected chi connectivity index (χ0v) is 46.7. The van der Waals surface area contributed by atoms with Crippen molar-refractivity contribution in [1.29, 1.82) is 0 Å². The molecule has 1 aliphatic carbocycles. The zero-order chi connectivity index (χ0) is 54.8. The number of benzene rings is 3. The van der Waals surface area contributed by atoms with E-state index in [0.717, 1.165) is 27.8 Å². The Morgan fingerprint density at radius 3 is 1.85 bits per heavy atom. The van der Waals surface area contributed by atoms with Crippen LogP contribution in [0, 0.1) is 23.7 Å². The molecule has 5 amide bonds. The van der Waals surface area contributed by atoms with Crippen molar-refractivity contribution in [3.8, 4) is 11.1 Å². The maximum absolute atomic E-state index is 14.8. The molecule has 1 heterocycles. The van der Waals surface area contributed by atoms with E-state index >= 15 is 0 Å². The van der Waals surface area contributed by atoms with Crippen LogP contribution in [0.15, 0.2) is 78.9 Å². The first-order chi connectivity index (χ1) is 34.9. The highest BCUT2D eigenvalue weighted by molar-refractivity contribution is 5.92. The van der Waals surface area contributed by atoms with Crippen molar-refractivity contribution in [3.63, 3.8) is 0 Å². The highest BCUT2D eigenvalue weighted by Crippen LogP contribution is 2.44. The van der Waals surface area contributed by atoms with E-state index in [9.17, 15) is 28.8 Å². The molecule has 5 rings (SSSR count). The van der Waals surface area contributed by atoms with Gasteiger partial charge in [-0.3, -0.25) is 24.1 Å². The van der Waals surface area contributed by atoms with Gasteiger partial charge in [0.25, 0.3) is 0 Å². The maximum atomic E-state index is 14.8. The summed E-state index contributed by atoms with van der Waals surface area (Å²) in [7, 11) is 6.29. The summed E-state index contributed by atoms with van der Waals surface area (Å²) >= 11 is 0. The number of carbonyl (C=O) groups is 6. The second kappa shape index (κ2) is 26.1. The average molecular weight is 1020 g/mol. The highest BCUT2D eigenvalue weighted by atomic mass is 16.6. The number of esters is 1. The van der Waals surface area contributed by atoms with E-state index in [0.29, 0.717) is 19.3 Å². The van der Waals surface area contributed by atoms with E-state index in [1.807, 2.05) is 115 Å². The normalized spacial score (nSPS) is 18.7. The van der Waals surface area contributed by atoms with Crippen molar-refractivity contribution in [1.82, 2.24) is 25.3 Å². The Kier molecular flexibility index (Phi) is 20.8. The summed E-state index contributed by atoms with van der Waals surface area (Å²) in [5.74, 6) is -3.76. The quantitative estimate of drug-likeness (QED) is 0.0879. The number of carbonyl (C=O) groups excluding carboxylic acids is 6. The molecular formula is C59H85N5O10. The molecule has 406 valence electrons. The van der Waals surface area contributed by atoms with Crippen LogP contribution in [0.5, 0.6) is 0 Å². The van der Waals surface area contributed by atoms with E-state index in [1.165, 1.54) is 19.1 Å². The van der Waals surface area contributed by atoms with Gasteiger partial charge in [0.1, 0.15) is 30.3 Å². The van der Waals surface area contributed by atoms with Gasteiger partial charge in [0.2, 0.25) is 23.6 Å². The van der Waals surface area contributed by atoms with Crippen LogP contribution >= 0.6 is 0 Å². The summed E-state index contributed by atoms with van der Waals surface area (Å²) in [5, 5.41) is 5.96. The zero-order valence-electron chi connectivity index (χ0n) is 46.7. The molecule has 2 N–H and O–H groups in total. The summed E-state index contributed by atoms with van der Waals surface area (Å²) in [6.07, 6.45) is -0.0463. The largest absolute Gasteiger partial charge is 0.458 e. The van der Waals surface area contributed by atoms with Crippen LogP contribution in [-0.4, -0.2) is 139 Å². The topological polar surface area (TPSA) is 173 Å². The molecule has 0 unspecified atom stereocenters. The fourth-order valence-corrected chi connectivity index (χ4v) is 11.0. The van der Waals surface area contributed by atoms with Gasteiger partial charge in [-0.2, -0.15) is 0 Å². The highest BCUT2D eigenvalue weighted by Gasteiger charge is 2.46. The van der Waals surface area contributed by atoms with Crippen LogP contribution in [-0.2, 0) is 49.3 Å². The first kappa shape index (κ1) is 59.1. The van der Waals surface area contributed by atoms with Crippen molar-refractivity contribution in [2.45, 2.75) is 168 Å². The second-order valence-electron chi connectivity index (χ2n) is 22.2. The molecule has 1 saturated heterocycles. The smallest absolute Gasteiger partial charge is 0.410 e. The van der Waals surface area contributed by atoms with Crippen molar-refractivity contribution in [3.05, 3.63) is 95.6 Å². The van der Waals surface area contributed by atoms with E-state index < -0.39 is 77.8 Å². The number of methoxy groups -OCH3 is 2. The fourth-order valence-electron chi connectivity index (χ4n) is 11.0. The van der Waals surface area contributed by atoms with Crippen LogP contribution in [0.25, 0.3) is 11.1 Å². The Morgan fingerprint density at radius 1 is 0.743 bits per heavy atom. The van der Waals surface area contributed by atoms with Gasteiger partial charge >= 0.3 is 12.1 Å². The van der Waals surface area contributed by atoms with Crippen LogP contribution < -0.4 is 10.6 Å². The molecule has 15 heteroatoms. The lowest BCUT2D eigenvalue weighted by atomic mass is 9.89. The lowest BCUT2D eigenvalue weighted by Gasteiger charge is -2.41. The number of likely N-dealkylation sites (N-methyl/N-ethyl adjacent to an activating group) is 2. The monoisotopic (exact) mass is 1020 g/mol. The number of ether oxygens (including phenoxy) is 4. The predicted molar refractivity (Wildman–Crippen MR) is 287 cm³/mol. The minimum Gasteiger partial charge on any atom is -0.458 e. The Balaban J connectivity index is 1.29. The van der Waals surface area contributed by atoms with Crippen LogP contribution in [0.1, 0.15) is 124 Å². The van der Waals surface area contributed by atoms with Gasteiger partial charge in [0.05, 0.1) is 36.6 Å². The standard InChI is InChI=1S/C59H85N5O10/c1-16-37(6)52(48(71-14)33-49(65)64-38(7)30-31-47(64)53(72-15)39(8)54(66)60-46(57(69)74-59(9,10)11)32-40-24-18-17-19-25-40)62(12)56(68)50(35(2)3)61-55(67)51(36(4)5)63(13)58(70)73-34-45-43-28-22-20-26-41(43)42-27-21-23-29-44(42)45/h17-29,35-39,45-48,50-53H,16,30-34H2,1-15H3,(H,60,66)(H,61,67)/t37-,38-,39+,46-,47-,48+,50-,51-,52-,53+/m0/s1. The molecule has 3 aromatic carbocycles. The summed E-state index contributed by atoms with van der Waals surface area (Å²) < 4.78 is 23.9. The lowest BCUT2D eigenvalue weighted by molar-refractivity contribution is -0.159. The molecule has 15 nitrogen and oxygen atoms in total. The number of likely N-dealkylation sites (tertiary alicyclic amines) is 1. The Bertz CT molecular complexity index is 2340. The number of rotatable bonds is 23. The Morgan fingerprint density at radius 2 is 1.32 bits per heavy atom. The van der Waals surface area contributed by atoms with Gasteiger partial charge in [0, 0.05) is 46.7 Å². The molecule has 2 aliphatic rings. The minimum absolute atomic E-state index is 0.0716. The van der Waals surface area contributed by atoms with E-state index in [2.05, 4.69) is 22.8 Å². The van der Waals surface area contributed by atoms with Crippen LogP contribution in [0.4, 0.5) is 4.79 Å². The number of nitrogens with one attached hydrogen (secondary N) is 2. The molecule has 0 saturated carbocycles. The SMILES string of the molecule is CC[C@H](C)[C@@H]([C@@H](CC(=O)N1[C@@H](C)CC[C@H]1[C@H](OC)[C@@H](C)C(=O)N[C@@H](Cc1ccccc1)C(=O)OC(C)(C)C)OC)N(C)C(=O)[C@@H](NC(=O)[C@H](C(C)C)N(C)C(=O)OCC1c2ccccc2-c2ccccc21)C(C)C. The molecule has 0 bridgehead atoms. The molecule has 0 aromatic heterocycles. The molecule has 10 atom stereocenters. The molecule has 74 heavy (non-hydrogen) atoms. The van der Waals surface area contributed by atoms with E-state index in [-0.39, 0.29) is 61.0 Å².